The van der Waals surface area contributed by atoms with Crippen LogP contribution in [-0.4, -0.2) is 11.6 Å². The van der Waals surface area contributed by atoms with E-state index in [-0.39, 0.29) is 6.10 Å². The van der Waals surface area contributed by atoms with Crippen LogP contribution in [0.4, 0.5) is 0 Å². The van der Waals surface area contributed by atoms with E-state index in [9.17, 15) is 0 Å². The Kier molecular flexibility index (Phi) is 3.37. The standard InChI is InChI=1S/C13H19NO/c1-3-12-11(5-4-7-14-12)13-9-10(2)6-8-15-13/h4-5,7,10,13H,3,6,8-9H2,1-2H3. The molecule has 0 spiro atoms. The highest BCUT2D eigenvalue weighted by Crippen LogP contribution is 2.32. The molecule has 0 saturated carbocycles. The zero-order valence-electron chi connectivity index (χ0n) is 9.57. The molecule has 0 bridgehead atoms. The molecule has 2 nitrogen and oxygen atoms in total. The van der Waals surface area contributed by atoms with Gasteiger partial charge in [-0.05, 0) is 31.2 Å². The van der Waals surface area contributed by atoms with Crippen LogP contribution in [0.15, 0.2) is 18.3 Å². The summed E-state index contributed by atoms with van der Waals surface area (Å²) in [4.78, 5) is 4.42. The van der Waals surface area contributed by atoms with Crippen molar-refractivity contribution in [1.82, 2.24) is 4.98 Å². The summed E-state index contributed by atoms with van der Waals surface area (Å²) in [5, 5.41) is 0. The van der Waals surface area contributed by atoms with Gasteiger partial charge in [-0.25, -0.2) is 0 Å². The molecule has 2 unspecified atom stereocenters. The number of pyridine rings is 1. The summed E-state index contributed by atoms with van der Waals surface area (Å²) in [5.74, 6) is 0.772. The molecule has 1 saturated heterocycles. The molecular formula is C13H19NO. The topological polar surface area (TPSA) is 22.1 Å². The van der Waals surface area contributed by atoms with Gasteiger partial charge in [0.15, 0.2) is 0 Å². The lowest BCUT2D eigenvalue weighted by Gasteiger charge is -2.28. The van der Waals surface area contributed by atoms with Gasteiger partial charge in [-0.3, -0.25) is 4.98 Å². The summed E-state index contributed by atoms with van der Waals surface area (Å²) in [6, 6.07) is 4.17. The fraction of sp³-hybridized carbons (Fsp3) is 0.615. The van der Waals surface area contributed by atoms with E-state index in [1.807, 2.05) is 12.3 Å². The lowest BCUT2D eigenvalue weighted by Crippen LogP contribution is -2.19. The monoisotopic (exact) mass is 205 g/mol. The number of aryl methyl sites for hydroxylation is 1. The molecule has 1 aromatic rings. The molecule has 2 rings (SSSR count). The molecule has 2 heterocycles. The minimum Gasteiger partial charge on any atom is -0.373 e. The van der Waals surface area contributed by atoms with Crippen molar-refractivity contribution < 1.29 is 4.74 Å². The molecule has 1 aliphatic heterocycles. The first-order chi connectivity index (χ1) is 7.31. The lowest BCUT2D eigenvalue weighted by atomic mass is 9.92. The molecule has 15 heavy (non-hydrogen) atoms. The minimum atomic E-state index is 0.275. The highest BCUT2D eigenvalue weighted by Gasteiger charge is 2.22. The van der Waals surface area contributed by atoms with Crippen molar-refractivity contribution in [2.75, 3.05) is 6.61 Å². The molecule has 1 aliphatic rings. The van der Waals surface area contributed by atoms with E-state index in [0.717, 1.165) is 25.4 Å². The van der Waals surface area contributed by atoms with Gasteiger partial charge in [0.2, 0.25) is 0 Å². The molecular weight excluding hydrogens is 186 g/mol. The van der Waals surface area contributed by atoms with Crippen LogP contribution in [0.2, 0.25) is 0 Å². The summed E-state index contributed by atoms with van der Waals surface area (Å²) in [6.45, 7) is 5.35. The van der Waals surface area contributed by atoms with Crippen molar-refractivity contribution in [3.8, 4) is 0 Å². The Bertz CT molecular complexity index is 324. The highest BCUT2D eigenvalue weighted by molar-refractivity contribution is 5.22. The Labute approximate surface area is 91.7 Å². The predicted molar refractivity (Wildman–Crippen MR) is 60.7 cm³/mol. The second-order valence-corrected chi connectivity index (χ2v) is 4.38. The maximum Gasteiger partial charge on any atom is 0.0845 e. The Hall–Kier alpha value is -0.890. The van der Waals surface area contributed by atoms with Crippen LogP contribution >= 0.6 is 0 Å². The van der Waals surface area contributed by atoms with E-state index >= 15 is 0 Å². The lowest BCUT2D eigenvalue weighted by molar-refractivity contribution is -0.00700. The quantitative estimate of drug-likeness (QED) is 0.740. The van der Waals surface area contributed by atoms with Gasteiger partial charge in [0.05, 0.1) is 6.10 Å². The molecule has 0 radical (unpaired) electrons. The van der Waals surface area contributed by atoms with Gasteiger partial charge in [0.25, 0.3) is 0 Å². The second-order valence-electron chi connectivity index (χ2n) is 4.38. The molecule has 1 aromatic heterocycles. The van der Waals surface area contributed by atoms with Gasteiger partial charge >= 0.3 is 0 Å². The fourth-order valence-electron chi connectivity index (χ4n) is 2.22. The van der Waals surface area contributed by atoms with Crippen LogP contribution in [0.25, 0.3) is 0 Å². The molecule has 1 fully saturated rings. The normalized spacial score (nSPS) is 26.5. The van der Waals surface area contributed by atoms with Crippen LogP contribution in [0.1, 0.15) is 44.1 Å². The van der Waals surface area contributed by atoms with Crippen LogP contribution in [0, 0.1) is 5.92 Å². The van der Waals surface area contributed by atoms with Crippen molar-refractivity contribution >= 4 is 0 Å². The average Bonchev–Trinajstić information content (AvgIpc) is 2.29. The van der Waals surface area contributed by atoms with Gasteiger partial charge in [-0.1, -0.05) is 19.9 Å². The number of hydrogen-bond acceptors (Lipinski definition) is 2. The Morgan fingerprint density at radius 1 is 1.53 bits per heavy atom. The maximum absolute atomic E-state index is 5.84. The zero-order chi connectivity index (χ0) is 10.7. The zero-order valence-corrected chi connectivity index (χ0v) is 9.57. The fourth-order valence-corrected chi connectivity index (χ4v) is 2.22. The van der Waals surface area contributed by atoms with Gasteiger partial charge in [0.1, 0.15) is 0 Å². The van der Waals surface area contributed by atoms with Gasteiger partial charge in [-0.2, -0.15) is 0 Å². The molecule has 0 amide bonds. The van der Waals surface area contributed by atoms with Crippen LogP contribution in [-0.2, 0) is 11.2 Å². The number of ether oxygens (including phenoxy) is 1. The maximum atomic E-state index is 5.84. The molecule has 0 aliphatic carbocycles. The van der Waals surface area contributed by atoms with Crippen molar-refractivity contribution in [3.05, 3.63) is 29.6 Å². The summed E-state index contributed by atoms with van der Waals surface area (Å²) < 4.78 is 5.84. The van der Waals surface area contributed by atoms with Crippen LogP contribution in [0.3, 0.4) is 0 Å². The Morgan fingerprint density at radius 2 is 2.40 bits per heavy atom. The van der Waals surface area contributed by atoms with Gasteiger partial charge in [-0.15, -0.1) is 0 Å². The molecule has 82 valence electrons. The number of aromatic nitrogens is 1. The van der Waals surface area contributed by atoms with Crippen molar-refractivity contribution in [3.63, 3.8) is 0 Å². The van der Waals surface area contributed by atoms with Gasteiger partial charge in [0, 0.05) is 24.1 Å². The SMILES string of the molecule is CCc1ncccc1C1CC(C)CCO1. The van der Waals surface area contributed by atoms with E-state index in [0.29, 0.717) is 0 Å². The molecule has 0 N–H and O–H groups in total. The number of nitrogens with zero attached hydrogens (tertiary/aromatic N) is 1. The Morgan fingerprint density at radius 3 is 3.13 bits per heavy atom. The summed E-state index contributed by atoms with van der Waals surface area (Å²) in [6.07, 6.45) is 5.47. The molecule has 2 heteroatoms. The van der Waals surface area contributed by atoms with E-state index in [4.69, 9.17) is 4.74 Å². The largest absolute Gasteiger partial charge is 0.373 e. The minimum absolute atomic E-state index is 0.275. The highest BCUT2D eigenvalue weighted by atomic mass is 16.5. The summed E-state index contributed by atoms with van der Waals surface area (Å²) >= 11 is 0. The van der Waals surface area contributed by atoms with Crippen molar-refractivity contribution in [2.24, 2.45) is 5.92 Å². The van der Waals surface area contributed by atoms with Crippen molar-refractivity contribution in [1.29, 1.82) is 0 Å². The smallest absolute Gasteiger partial charge is 0.0845 e. The van der Waals surface area contributed by atoms with Crippen LogP contribution < -0.4 is 0 Å². The molecule has 2 atom stereocenters. The van der Waals surface area contributed by atoms with E-state index in [2.05, 4.69) is 24.9 Å². The number of hydrogen-bond donors (Lipinski definition) is 0. The Balaban J connectivity index is 2.20. The first-order valence-electron chi connectivity index (χ1n) is 5.86. The first kappa shape index (κ1) is 10.6. The number of rotatable bonds is 2. The predicted octanol–water partition coefficient (Wildman–Crippen LogP) is 3.13. The third-order valence-corrected chi connectivity index (χ3v) is 3.15. The van der Waals surface area contributed by atoms with Crippen molar-refractivity contribution in [2.45, 2.75) is 39.2 Å². The van der Waals surface area contributed by atoms with Crippen LogP contribution in [0.5, 0.6) is 0 Å². The summed E-state index contributed by atoms with van der Waals surface area (Å²) in [7, 11) is 0. The summed E-state index contributed by atoms with van der Waals surface area (Å²) in [5.41, 5.74) is 2.49. The van der Waals surface area contributed by atoms with E-state index in [1.54, 1.807) is 0 Å². The first-order valence-corrected chi connectivity index (χ1v) is 5.86. The van der Waals surface area contributed by atoms with E-state index < -0.39 is 0 Å². The average molecular weight is 205 g/mol. The third kappa shape index (κ3) is 2.37. The second kappa shape index (κ2) is 4.75. The van der Waals surface area contributed by atoms with Gasteiger partial charge < -0.3 is 4.74 Å². The molecule has 0 aromatic carbocycles. The third-order valence-electron chi connectivity index (χ3n) is 3.15. The van der Waals surface area contributed by atoms with E-state index in [1.165, 1.54) is 17.7 Å².